The first-order chi connectivity index (χ1) is 12.3. The summed E-state index contributed by atoms with van der Waals surface area (Å²) in [7, 11) is -3.48. The van der Waals surface area contributed by atoms with E-state index in [1.54, 1.807) is 29.6 Å². The number of hydrogen-bond acceptors (Lipinski definition) is 6. The van der Waals surface area contributed by atoms with Gasteiger partial charge in [-0.15, -0.1) is 11.3 Å². The van der Waals surface area contributed by atoms with Gasteiger partial charge in [0.25, 0.3) is 5.91 Å². The van der Waals surface area contributed by atoms with E-state index in [0.717, 1.165) is 5.56 Å². The summed E-state index contributed by atoms with van der Waals surface area (Å²) in [6, 6.07) is 6.29. The van der Waals surface area contributed by atoms with E-state index in [1.807, 2.05) is 20.8 Å². The standard InChI is InChI=1S/C17H24N4O3S2/c1-4-21(5-2)26(23,24)14-8-6-13(7-9-14)12(3)19-17(22)15-11-25-16(10-18)20-15/h6-9,11-12H,4-5,10,18H2,1-3H3,(H,19,22). The van der Waals surface area contributed by atoms with Crippen molar-refractivity contribution in [1.29, 1.82) is 0 Å². The van der Waals surface area contributed by atoms with Crippen LogP contribution < -0.4 is 11.1 Å². The zero-order valence-corrected chi connectivity index (χ0v) is 16.7. The van der Waals surface area contributed by atoms with E-state index in [4.69, 9.17) is 5.73 Å². The van der Waals surface area contributed by atoms with Crippen LogP contribution in [0.25, 0.3) is 0 Å². The van der Waals surface area contributed by atoms with Gasteiger partial charge in [-0.1, -0.05) is 26.0 Å². The minimum Gasteiger partial charge on any atom is -0.344 e. The maximum absolute atomic E-state index is 12.5. The molecule has 2 rings (SSSR count). The van der Waals surface area contributed by atoms with Crippen molar-refractivity contribution in [2.45, 2.75) is 38.3 Å². The summed E-state index contributed by atoms with van der Waals surface area (Å²) in [6.07, 6.45) is 0. The van der Waals surface area contributed by atoms with Gasteiger partial charge in [0.05, 0.1) is 10.9 Å². The molecular formula is C17H24N4O3S2. The van der Waals surface area contributed by atoms with Gasteiger partial charge in [-0.05, 0) is 24.6 Å². The van der Waals surface area contributed by atoms with Crippen LogP contribution in [0.15, 0.2) is 34.5 Å². The van der Waals surface area contributed by atoms with Crippen LogP contribution in [0, 0.1) is 0 Å². The summed E-state index contributed by atoms with van der Waals surface area (Å²) < 4.78 is 26.4. The number of carbonyl (C=O) groups excluding carboxylic acids is 1. The minimum atomic E-state index is -3.48. The Labute approximate surface area is 158 Å². The van der Waals surface area contributed by atoms with Crippen LogP contribution in [0.2, 0.25) is 0 Å². The van der Waals surface area contributed by atoms with E-state index in [2.05, 4.69) is 10.3 Å². The Kier molecular flexibility index (Phi) is 6.87. The Morgan fingerprint density at radius 2 is 1.88 bits per heavy atom. The Balaban J connectivity index is 2.11. The number of carbonyl (C=O) groups is 1. The third-order valence-corrected chi connectivity index (χ3v) is 6.97. The third kappa shape index (κ3) is 4.47. The first-order valence-electron chi connectivity index (χ1n) is 8.38. The molecule has 0 spiro atoms. The molecule has 1 aromatic carbocycles. The summed E-state index contributed by atoms with van der Waals surface area (Å²) in [5, 5.41) is 5.23. The smallest absolute Gasteiger partial charge is 0.271 e. The van der Waals surface area contributed by atoms with Crippen LogP contribution in [-0.2, 0) is 16.6 Å². The second-order valence-corrected chi connectivity index (χ2v) is 8.56. The van der Waals surface area contributed by atoms with Gasteiger partial charge < -0.3 is 11.1 Å². The molecule has 0 aliphatic carbocycles. The molecule has 7 nitrogen and oxygen atoms in total. The average Bonchev–Trinajstić information content (AvgIpc) is 3.12. The maximum Gasteiger partial charge on any atom is 0.271 e. The van der Waals surface area contributed by atoms with Crippen LogP contribution in [0.4, 0.5) is 0 Å². The predicted molar refractivity (Wildman–Crippen MR) is 102 cm³/mol. The molecule has 9 heteroatoms. The fourth-order valence-electron chi connectivity index (χ4n) is 2.50. The summed E-state index contributed by atoms with van der Waals surface area (Å²) in [5.41, 5.74) is 6.66. The molecule has 0 aliphatic heterocycles. The van der Waals surface area contributed by atoms with Crippen LogP contribution >= 0.6 is 11.3 Å². The number of sulfonamides is 1. The van der Waals surface area contributed by atoms with Crippen LogP contribution in [0.3, 0.4) is 0 Å². The van der Waals surface area contributed by atoms with E-state index in [0.29, 0.717) is 30.3 Å². The van der Waals surface area contributed by atoms with E-state index in [9.17, 15) is 13.2 Å². The van der Waals surface area contributed by atoms with Crippen LogP contribution in [-0.4, -0.2) is 36.7 Å². The van der Waals surface area contributed by atoms with E-state index in [-0.39, 0.29) is 16.8 Å². The fourth-order valence-corrected chi connectivity index (χ4v) is 4.62. The lowest BCUT2D eigenvalue weighted by Crippen LogP contribution is -2.30. The number of benzene rings is 1. The number of nitrogens with one attached hydrogen (secondary N) is 1. The van der Waals surface area contributed by atoms with Crippen molar-refractivity contribution in [2.75, 3.05) is 13.1 Å². The summed E-state index contributed by atoms with van der Waals surface area (Å²) in [6.45, 7) is 6.60. The first-order valence-corrected chi connectivity index (χ1v) is 10.7. The highest BCUT2D eigenvalue weighted by Gasteiger charge is 2.22. The molecule has 1 atom stereocenters. The second kappa shape index (κ2) is 8.72. The largest absolute Gasteiger partial charge is 0.344 e. The summed E-state index contributed by atoms with van der Waals surface area (Å²) in [4.78, 5) is 16.6. The van der Waals surface area contributed by atoms with Gasteiger partial charge in [-0.3, -0.25) is 4.79 Å². The van der Waals surface area contributed by atoms with Gasteiger partial charge in [0.15, 0.2) is 0 Å². The number of rotatable bonds is 8. The predicted octanol–water partition coefficient (Wildman–Crippen LogP) is 2.12. The zero-order chi connectivity index (χ0) is 19.3. The van der Waals surface area contributed by atoms with Crippen LogP contribution in [0.1, 0.15) is 47.9 Å². The van der Waals surface area contributed by atoms with Crippen LogP contribution in [0.5, 0.6) is 0 Å². The monoisotopic (exact) mass is 396 g/mol. The highest BCUT2D eigenvalue weighted by Crippen LogP contribution is 2.20. The molecule has 1 heterocycles. The van der Waals surface area contributed by atoms with Gasteiger partial charge in [0.1, 0.15) is 10.7 Å². The molecule has 1 unspecified atom stereocenters. The average molecular weight is 397 g/mol. The molecule has 0 saturated carbocycles. The molecule has 26 heavy (non-hydrogen) atoms. The van der Waals surface area contributed by atoms with Gasteiger partial charge >= 0.3 is 0 Å². The third-order valence-electron chi connectivity index (χ3n) is 4.03. The van der Waals surface area contributed by atoms with E-state index >= 15 is 0 Å². The van der Waals surface area contributed by atoms with Crippen molar-refractivity contribution in [2.24, 2.45) is 5.73 Å². The Hall–Kier alpha value is -1.81. The number of aromatic nitrogens is 1. The molecule has 2 aromatic rings. The lowest BCUT2D eigenvalue weighted by Gasteiger charge is -2.19. The molecule has 1 amide bonds. The maximum atomic E-state index is 12.5. The topological polar surface area (TPSA) is 105 Å². The molecule has 3 N–H and O–H groups in total. The normalized spacial score (nSPS) is 13.0. The number of nitrogens with zero attached hydrogens (tertiary/aromatic N) is 2. The molecule has 0 saturated heterocycles. The van der Waals surface area contributed by atoms with Gasteiger partial charge in [-0.25, -0.2) is 13.4 Å². The van der Waals surface area contributed by atoms with E-state index in [1.165, 1.54) is 15.6 Å². The van der Waals surface area contributed by atoms with Gasteiger partial charge in [0, 0.05) is 25.0 Å². The Bertz CT molecular complexity index is 843. The summed E-state index contributed by atoms with van der Waals surface area (Å²) >= 11 is 1.34. The number of thiazole rings is 1. The van der Waals surface area contributed by atoms with E-state index < -0.39 is 10.0 Å². The van der Waals surface area contributed by atoms with Crippen molar-refractivity contribution in [3.8, 4) is 0 Å². The number of amides is 1. The highest BCUT2D eigenvalue weighted by atomic mass is 32.2. The minimum absolute atomic E-state index is 0.246. The van der Waals surface area contributed by atoms with Crippen molar-refractivity contribution in [3.05, 3.63) is 45.9 Å². The Morgan fingerprint density at radius 3 is 2.38 bits per heavy atom. The Morgan fingerprint density at radius 1 is 1.27 bits per heavy atom. The SMILES string of the molecule is CCN(CC)S(=O)(=O)c1ccc(C(C)NC(=O)c2csc(CN)n2)cc1. The fraction of sp³-hybridized carbons (Fsp3) is 0.412. The van der Waals surface area contributed by atoms with Gasteiger partial charge in [0.2, 0.25) is 10.0 Å². The molecule has 0 aliphatic rings. The molecule has 1 aromatic heterocycles. The van der Waals surface area contributed by atoms with Crippen molar-refractivity contribution < 1.29 is 13.2 Å². The number of hydrogen-bond donors (Lipinski definition) is 2. The van der Waals surface area contributed by atoms with Crippen molar-refractivity contribution in [1.82, 2.24) is 14.6 Å². The van der Waals surface area contributed by atoms with Crippen molar-refractivity contribution >= 4 is 27.3 Å². The van der Waals surface area contributed by atoms with Gasteiger partial charge in [-0.2, -0.15) is 4.31 Å². The highest BCUT2D eigenvalue weighted by molar-refractivity contribution is 7.89. The molecule has 0 bridgehead atoms. The number of nitrogens with two attached hydrogens (primary N) is 1. The molecule has 142 valence electrons. The molecule has 0 fully saturated rings. The molecular weight excluding hydrogens is 372 g/mol. The lowest BCUT2D eigenvalue weighted by atomic mass is 10.1. The molecule has 0 radical (unpaired) electrons. The second-order valence-electron chi connectivity index (χ2n) is 5.68. The quantitative estimate of drug-likeness (QED) is 0.711. The zero-order valence-electron chi connectivity index (χ0n) is 15.1. The first kappa shape index (κ1) is 20.5. The van der Waals surface area contributed by atoms with Crippen molar-refractivity contribution in [3.63, 3.8) is 0 Å². The lowest BCUT2D eigenvalue weighted by molar-refractivity contribution is 0.0935. The summed E-state index contributed by atoms with van der Waals surface area (Å²) in [5.74, 6) is -0.284.